The molecule has 1 aliphatic heterocycles. The molecule has 0 aromatic heterocycles. The quantitative estimate of drug-likeness (QED) is 0.598. The van der Waals surface area contributed by atoms with Gasteiger partial charge >= 0.3 is 0 Å². The van der Waals surface area contributed by atoms with Crippen molar-refractivity contribution < 1.29 is 0 Å². The molecule has 17 heavy (non-hydrogen) atoms. The minimum atomic E-state index is 0.568. The zero-order valence-electron chi connectivity index (χ0n) is 11.2. The zero-order chi connectivity index (χ0) is 12.1. The van der Waals surface area contributed by atoms with E-state index in [0.717, 1.165) is 17.1 Å². The van der Waals surface area contributed by atoms with Gasteiger partial charge in [0.15, 0.2) is 0 Å². The number of rotatable bonds is 4. The molecule has 1 aliphatic carbocycles. The van der Waals surface area contributed by atoms with Crippen molar-refractivity contribution in [3.8, 4) is 0 Å². The lowest BCUT2D eigenvalue weighted by Gasteiger charge is -2.38. The number of hydrogen-bond donors (Lipinski definition) is 2. The van der Waals surface area contributed by atoms with Crippen LogP contribution in [0.15, 0.2) is 0 Å². The van der Waals surface area contributed by atoms with E-state index < -0.39 is 0 Å². The second kappa shape index (κ2) is 7.01. The van der Waals surface area contributed by atoms with E-state index in [9.17, 15) is 0 Å². The SMILES string of the molecule is CCC1CCC(C(NN)C2CCCCS2)CC1. The molecule has 3 N–H and O–H groups in total. The first kappa shape index (κ1) is 13.7. The van der Waals surface area contributed by atoms with Crippen LogP contribution in [0, 0.1) is 11.8 Å². The molecule has 0 spiro atoms. The fraction of sp³-hybridized carbons (Fsp3) is 1.00. The van der Waals surface area contributed by atoms with E-state index in [1.807, 2.05) is 0 Å². The van der Waals surface area contributed by atoms with Gasteiger partial charge in [0, 0.05) is 11.3 Å². The monoisotopic (exact) mass is 256 g/mol. The molecule has 0 aromatic carbocycles. The second-order valence-electron chi connectivity index (χ2n) is 5.79. The third-order valence-electron chi connectivity index (χ3n) is 4.78. The van der Waals surface area contributed by atoms with Crippen LogP contribution in [-0.2, 0) is 0 Å². The Labute approximate surface area is 110 Å². The fourth-order valence-corrected chi connectivity index (χ4v) is 5.07. The van der Waals surface area contributed by atoms with Gasteiger partial charge in [0.25, 0.3) is 0 Å². The number of nitrogens with one attached hydrogen (secondary N) is 1. The molecular weight excluding hydrogens is 228 g/mol. The van der Waals surface area contributed by atoms with Crippen LogP contribution in [0.4, 0.5) is 0 Å². The van der Waals surface area contributed by atoms with Crippen molar-refractivity contribution >= 4 is 11.8 Å². The van der Waals surface area contributed by atoms with Crippen molar-refractivity contribution in [2.45, 2.75) is 69.6 Å². The summed E-state index contributed by atoms with van der Waals surface area (Å²) in [6, 6.07) is 0.568. The summed E-state index contributed by atoms with van der Waals surface area (Å²) in [4.78, 5) is 0. The van der Waals surface area contributed by atoms with Crippen molar-refractivity contribution in [3.63, 3.8) is 0 Å². The topological polar surface area (TPSA) is 38.0 Å². The lowest BCUT2D eigenvalue weighted by Crippen LogP contribution is -2.49. The highest BCUT2D eigenvalue weighted by molar-refractivity contribution is 8.00. The summed E-state index contributed by atoms with van der Waals surface area (Å²) in [5.41, 5.74) is 3.15. The van der Waals surface area contributed by atoms with Gasteiger partial charge < -0.3 is 0 Å². The highest BCUT2D eigenvalue weighted by atomic mass is 32.2. The average molecular weight is 256 g/mol. The Bertz CT molecular complexity index is 208. The summed E-state index contributed by atoms with van der Waals surface area (Å²) >= 11 is 2.15. The van der Waals surface area contributed by atoms with Gasteiger partial charge in [-0.1, -0.05) is 32.6 Å². The summed E-state index contributed by atoms with van der Waals surface area (Å²) < 4.78 is 0. The van der Waals surface area contributed by atoms with Crippen molar-refractivity contribution in [3.05, 3.63) is 0 Å². The molecule has 2 aliphatic rings. The van der Waals surface area contributed by atoms with Crippen molar-refractivity contribution in [1.82, 2.24) is 5.43 Å². The molecule has 3 heteroatoms. The van der Waals surface area contributed by atoms with E-state index in [0.29, 0.717) is 6.04 Å². The fourth-order valence-electron chi connectivity index (χ4n) is 3.55. The molecule has 1 saturated heterocycles. The van der Waals surface area contributed by atoms with Crippen LogP contribution in [0.2, 0.25) is 0 Å². The molecule has 2 unspecified atom stereocenters. The van der Waals surface area contributed by atoms with E-state index in [4.69, 9.17) is 5.84 Å². The number of nitrogens with two attached hydrogens (primary N) is 1. The van der Waals surface area contributed by atoms with E-state index in [1.54, 1.807) is 0 Å². The Morgan fingerprint density at radius 2 is 1.94 bits per heavy atom. The van der Waals surface area contributed by atoms with Crippen molar-refractivity contribution in [2.75, 3.05) is 5.75 Å². The van der Waals surface area contributed by atoms with Gasteiger partial charge in [0.2, 0.25) is 0 Å². The highest BCUT2D eigenvalue weighted by Crippen LogP contribution is 2.37. The third kappa shape index (κ3) is 3.62. The Morgan fingerprint density at radius 1 is 1.18 bits per heavy atom. The minimum Gasteiger partial charge on any atom is -0.271 e. The maximum Gasteiger partial charge on any atom is 0.0357 e. The van der Waals surface area contributed by atoms with Crippen LogP contribution in [0.25, 0.3) is 0 Å². The molecule has 1 heterocycles. The number of thioether (sulfide) groups is 1. The number of hydrogen-bond acceptors (Lipinski definition) is 3. The lowest BCUT2D eigenvalue weighted by molar-refractivity contribution is 0.212. The van der Waals surface area contributed by atoms with Crippen LogP contribution in [0.1, 0.15) is 58.3 Å². The summed E-state index contributed by atoms with van der Waals surface area (Å²) in [7, 11) is 0. The molecule has 100 valence electrons. The standard InChI is InChI=1S/C14H28N2S/c1-2-11-6-8-12(9-7-11)14(16-15)13-5-3-4-10-17-13/h11-14,16H,2-10,15H2,1H3. The van der Waals surface area contributed by atoms with Gasteiger partial charge in [-0.15, -0.1) is 0 Å². The van der Waals surface area contributed by atoms with Crippen LogP contribution in [0.3, 0.4) is 0 Å². The summed E-state index contributed by atoms with van der Waals surface area (Å²) in [5, 5.41) is 0.775. The van der Waals surface area contributed by atoms with Crippen LogP contribution >= 0.6 is 11.8 Å². The van der Waals surface area contributed by atoms with Crippen LogP contribution < -0.4 is 11.3 Å². The Morgan fingerprint density at radius 3 is 2.47 bits per heavy atom. The molecule has 0 bridgehead atoms. The highest BCUT2D eigenvalue weighted by Gasteiger charge is 2.32. The lowest BCUT2D eigenvalue weighted by atomic mass is 9.76. The van der Waals surface area contributed by atoms with Gasteiger partial charge in [-0.3, -0.25) is 11.3 Å². The molecule has 2 nitrogen and oxygen atoms in total. The molecule has 2 atom stereocenters. The van der Waals surface area contributed by atoms with Gasteiger partial charge in [0.05, 0.1) is 0 Å². The van der Waals surface area contributed by atoms with E-state index in [1.165, 1.54) is 57.1 Å². The first-order valence-electron chi connectivity index (χ1n) is 7.42. The van der Waals surface area contributed by atoms with Crippen molar-refractivity contribution in [2.24, 2.45) is 17.7 Å². The second-order valence-corrected chi connectivity index (χ2v) is 7.13. The number of hydrazine groups is 1. The van der Waals surface area contributed by atoms with Gasteiger partial charge in [-0.05, 0) is 43.3 Å². The summed E-state index contributed by atoms with van der Waals surface area (Å²) in [6.45, 7) is 2.33. The first-order chi connectivity index (χ1) is 8.35. The summed E-state index contributed by atoms with van der Waals surface area (Å²) in [6.07, 6.45) is 11.2. The zero-order valence-corrected chi connectivity index (χ0v) is 12.0. The third-order valence-corrected chi connectivity index (χ3v) is 6.27. The van der Waals surface area contributed by atoms with Crippen molar-refractivity contribution in [1.29, 1.82) is 0 Å². The Hall–Kier alpha value is 0.270. The Kier molecular flexibility index (Phi) is 5.64. The van der Waals surface area contributed by atoms with Crippen LogP contribution in [-0.4, -0.2) is 17.0 Å². The van der Waals surface area contributed by atoms with E-state index in [-0.39, 0.29) is 0 Å². The molecule has 0 radical (unpaired) electrons. The van der Waals surface area contributed by atoms with Gasteiger partial charge in [-0.2, -0.15) is 11.8 Å². The molecule has 2 fully saturated rings. The van der Waals surface area contributed by atoms with Gasteiger partial charge in [-0.25, -0.2) is 0 Å². The Balaban J connectivity index is 1.85. The largest absolute Gasteiger partial charge is 0.271 e. The van der Waals surface area contributed by atoms with E-state index >= 15 is 0 Å². The maximum atomic E-state index is 5.84. The van der Waals surface area contributed by atoms with Crippen LogP contribution in [0.5, 0.6) is 0 Å². The smallest absolute Gasteiger partial charge is 0.0357 e. The van der Waals surface area contributed by atoms with E-state index in [2.05, 4.69) is 24.1 Å². The average Bonchev–Trinajstić information content (AvgIpc) is 2.42. The normalized spacial score (nSPS) is 36.7. The summed E-state index contributed by atoms with van der Waals surface area (Å²) in [5.74, 6) is 9.00. The van der Waals surface area contributed by atoms with Gasteiger partial charge in [0.1, 0.15) is 0 Å². The molecule has 2 rings (SSSR count). The molecule has 0 aromatic rings. The minimum absolute atomic E-state index is 0.568. The first-order valence-corrected chi connectivity index (χ1v) is 8.47. The predicted molar refractivity (Wildman–Crippen MR) is 76.9 cm³/mol. The molecular formula is C14H28N2S. The maximum absolute atomic E-state index is 5.84. The molecule has 1 saturated carbocycles. The molecule has 0 amide bonds. The predicted octanol–water partition coefficient (Wildman–Crippen LogP) is 3.32.